The van der Waals surface area contributed by atoms with Crippen LogP contribution in [0.5, 0.6) is 0 Å². The molecule has 0 spiro atoms. The number of carbonyl (C=O) groups excluding carboxylic acids is 1. The largest absolute Gasteiger partial charge is 0.326 e. The molecule has 2 aromatic carbocycles. The monoisotopic (exact) mass is 395 g/mol. The first-order chi connectivity index (χ1) is 13.5. The van der Waals surface area contributed by atoms with Gasteiger partial charge in [0.05, 0.1) is 23.4 Å². The first-order valence-electron chi connectivity index (χ1n) is 9.19. The number of benzene rings is 2. The molecule has 28 heavy (non-hydrogen) atoms. The number of nitrogens with zero attached hydrogens (tertiary/aromatic N) is 2. The Morgan fingerprint density at radius 3 is 2.39 bits per heavy atom. The average molecular weight is 395 g/mol. The van der Waals surface area contributed by atoms with Crippen molar-refractivity contribution in [3.63, 3.8) is 0 Å². The highest BCUT2D eigenvalue weighted by molar-refractivity contribution is 7.91. The molecule has 0 atom stereocenters. The summed E-state index contributed by atoms with van der Waals surface area (Å²) in [5.41, 5.74) is 2.44. The van der Waals surface area contributed by atoms with Gasteiger partial charge in [-0.3, -0.25) is 4.79 Å². The summed E-state index contributed by atoms with van der Waals surface area (Å²) < 4.78 is 26.4. The fourth-order valence-electron chi connectivity index (χ4n) is 3.03. The van der Waals surface area contributed by atoms with Gasteiger partial charge in [0.1, 0.15) is 0 Å². The molecule has 1 aliphatic rings. The molecule has 1 fully saturated rings. The molecule has 1 heterocycles. The third-order valence-corrected chi connectivity index (χ3v) is 6.65. The van der Waals surface area contributed by atoms with Crippen molar-refractivity contribution in [3.05, 3.63) is 72.8 Å². The van der Waals surface area contributed by atoms with Gasteiger partial charge in [-0.2, -0.15) is 0 Å². The zero-order chi connectivity index (χ0) is 19.6. The molecule has 6 nitrogen and oxygen atoms in total. The molecule has 0 unspecified atom stereocenters. The zero-order valence-electron chi connectivity index (χ0n) is 15.3. The van der Waals surface area contributed by atoms with Crippen molar-refractivity contribution in [1.29, 1.82) is 0 Å². The fraction of sp³-hybridized carbons (Fsp3) is 0.238. The third kappa shape index (κ3) is 4.48. The van der Waals surface area contributed by atoms with Gasteiger partial charge in [-0.25, -0.2) is 13.4 Å². The van der Waals surface area contributed by atoms with E-state index >= 15 is 0 Å². The Balaban J connectivity index is 1.35. The van der Waals surface area contributed by atoms with Gasteiger partial charge in [-0.05, 0) is 60.7 Å². The Morgan fingerprint density at radius 1 is 1.07 bits per heavy atom. The number of sulfone groups is 1. The quantitative estimate of drug-likeness (QED) is 0.666. The van der Waals surface area contributed by atoms with E-state index in [-0.39, 0.29) is 18.1 Å². The maximum atomic E-state index is 12.3. The van der Waals surface area contributed by atoms with E-state index in [1.807, 2.05) is 35.0 Å². The van der Waals surface area contributed by atoms with E-state index in [1.165, 1.54) is 0 Å². The number of carbonyl (C=O) groups is 1. The van der Waals surface area contributed by atoms with Crippen LogP contribution < -0.4 is 5.32 Å². The van der Waals surface area contributed by atoms with Crippen molar-refractivity contribution in [2.75, 3.05) is 11.1 Å². The average Bonchev–Trinajstić information content (AvgIpc) is 3.30. The van der Waals surface area contributed by atoms with E-state index in [4.69, 9.17) is 0 Å². The van der Waals surface area contributed by atoms with E-state index in [1.54, 1.807) is 36.8 Å². The van der Waals surface area contributed by atoms with Gasteiger partial charge in [0.15, 0.2) is 9.84 Å². The number of imidazole rings is 1. The van der Waals surface area contributed by atoms with Crippen LogP contribution >= 0.6 is 0 Å². The second-order valence-corrected chi connectivity index (χ2v) is 9.14. The molecule has 0 bridgehead atoms. The first kappa shape index (κ1) is 18.4. The summed E-state index contributed by atoms with van der Waals surface area (Å²) in [5.74, 6) is 0.390. The number of rotatable bonds is 7. The Bertz CT molecular complexity index is 1050. The summed E-state index contributed by atoms with van der Waals surface area (Å²) in [4.78, 5) is 16.6. The van der Waals surface area contributed by atoms with Crippen LogP contribution in [0.2, 0.25) is 0 Å². The van der Waals surface area contributed by atoms with Crippen LogP contribution in [0.4, 0.5) is 5.69 Å². The minimum absolute atomic E-state index is 0.149. The molecule has 144 valence electrons. The predicted molar refractivity (Wildman–Crippen MR) is 107 cm³/mol. The minimum Gasteiger partial charge on any atom is -0.326 e. The highest BCUT2D eigenvalue weighted by Gasteiger charge is 2.28. The van der Waals surface area contributed by atoms with Crippen molar-refractivity contribution in [2.45, 2.75) is 24.2 Å². The second kappa shape index (κ2) is 7.59. The highest BCUT2D eigenvalue weighted by atomic mass is 32.2. The molecule has 1 amide bonds. The third-order valence-electron chi connectivity index (χ3n) is 4.75. The van der Waals surface area contributed by atoms with Crippen LogP contribution in [0.15, 0.2) is 72.1 Å². The SMILES string of the molecule is O=C(Cc1ccc(S(=O)(=O)CC2CC2)cc1)Nc1ccc(-n2ccnc2)cc1. The van der Waals surface area contributed by atoms with E-state index in [2.05, 4.69) is 10.3 Å². The number of hydrogen-bond donors (Lipinski definition) is 1. The van der Waals surface area contributed by atoms with Crippen LogP contribution in [-0.4, -0.2) is 29.6 Å². The lowest BCUT2D eigenvalue weighted by atomic mass is 10.1. The Labute approximate surface area is 164 Å². The number of hydrogen-bond acceptors (Lipinski definition) is 4. The molecule has 4 rings (SSSR count). The predicted octanol–water partition coefficient (Wildman–Crippen LogP) is 3.24. The van der Waals surface area contributed by atoms with Gasteiger partial charge >= 0.3 is 0 Å². The molecular weight excluding hydrogens is 374 g/mol. The van der Waals surface area contributed by atoms with Crippen molar-refractivity contribution in [2.24, 2.45) is 5.92 Å². The van der Waals surface area contributed by atoms with E-state index in [0.717, 1.165) is 24.1 Å². The molecule has 1 aliphatic carbocycles. The summed E-state index contributed by atoms with van der Waals surface area (Å²) in [6.45, 7) is 0. The van der Waals surface area contributed by atoms with Gasteiger partial charge in [-0.15, -0.1) is 0 Å². The van der Waals surface area contributed by atoms with Crippen molar-refractivity contribution >= 4 is 21.4 Å². The van der Waals surface area contributed by atoms with E-state index in [0.29, 0.717) is 16.5 Å². The van der Waals surface area contributed by atoms with E-state index < -0.39 is 9.84 Å². The first-order valence-corrected chi connectivity index (χ1v) is 10.8. The molecule has 0 aliphatic heterocycles. The Kier molecular flexibility index (Phi) is 5.00. The lowest BCUT2D eigenvalue weighted by Crippen LogP contribution is -2.14. The molecule has 7 heteroatoms. The number of amides is 1. The van der Waals surface area contributed by atoms with Crippen LogP contribution in [0.25, 0.3) is 5.69 Å². The Hall–Kier alpha value is -2.93. The topological polar surface area (TPSA) is 81.1 Å². The molecule has 1 N–H and O–H groups in total. The molecule has 1 saturated carbocycles. The van der Waals surface area contributed by atoms with Crippen LogP contribution in [0.3, 0.4) is 0 Å². The summed E-state index contributed by atoms with van der Waals surface area (Å²) in [6.07, 6.45) is 7.45. The van der Waals surface area contributed by atoms with Gasteiger partial charge in [-0.1, -0.05) is 12.1 Å². The number of nitrogens with one attached hydrogen (secondary N) is 1. The Morgan fingerprint density at radius 2 is 1.79 bits per heavy atom. The summed E-state index contributed by atoms with van der Waals surface area (Å²) in [7, 11) is -3.22. The molecule has 1 aromatic heterocycles. The number of aromatic nitrogens is 2. The molecule has 0 radical (unpaired) electrons. The summed E-state index contributed by atoms with van der Waals surface area (Å²) in [5, 5.41) is 2.86. The highest BCUT2D eigenvalue weighted by Crippen LogP contribution is 2.32. The van der Waals surface area contributed by atoms with E-state index in [9.17, 15) is 13.2 Å². The van der Waals surface area contributed by atoms with Gasteiger partial charge < -0.3 is 9.88 Å². The van der Waals surface area contributed by atoms with Gasteiger partial charge in [0, 0.05) is 23.8 Å². The standard InChI is InChI=1S/C21H21N3O3S/c25-21(23-18-5-7-19(8-6-18)24-12-11-22-15-24)13-16-3-9-20(10-4-16)28(26,27)14-17-1-2-17/h3-12,15,17H,1-2,13-14H2,(H,23,25). The molecule has 0 saturated heterocycles. The van der Waals surface area contributed by atoms with Crippen molar-refractivity contribution in [1.82, 2.24) is 9.55 Å². The lowest BCUT2D eigenvalue weighted by molar-refractivity contribution is -0.115. The molecule has 3 aromatic rings. The number of anilines is 1. The maximum Gasteiger partial charge on any atom is 0.228 e. The van der Waals surface area contributed by atoms with Crippen LogP contribution in [0, 0.1) is 5.92 Å². The van der Waals surface area contributed by atoms with Gasteiger partial charge in [0.2, 0.25) is 5.91 Å². The normalized spacial score (nSPS) is 14.0. The summed E-state index contributed by atoms with van der Waals surface area (Å²) in [6, 6.07) is 14.1. The van der Waals surface area contributed by atoms with Gasteiger partial charge in [0.25, 0.3) is 0 Å². The fourth-order valence-corrected chi connectivity index (χ4v) is 4.72. The van der Waals surface area contributed by atoms with Crippen LogP contribution in [-0.2, 0) is 21.1 Å². The van der Waals surface area contributed by atoms with Crippen molar-refractivity contribution < 1.29 is 13.2 Å². The maximum absolute atomic E-state index is 12.3. The zero-order valence-corrected chi connectivity index (χ0v) is 16.1. The minimum atomic E-state index is -3.22. The van der Waals surface area contributed by atoms with Crippen molar-refractivity contribution in [3.8, 4) is 5.69 Å². The smallest absolute Gasteiger partial charge is 0.228 e. The summed E-state index contributed by atoms with van der Waals surface area (Å²) >= 11 is 0. The molecular formula is C21H21N3O3S. The van der Waals surface area contributed by atoms with Crippen LogP contribution in [0.1, 0.15) is 18.4 Å². The second-order valence-electron chi connectivity index (χ2n) is 7.11. The lowest BCUT2D eigenvalue weighted by Gasteiger charge is -2.08.